The van der Waals surface area contributed by atoms with Crippen molar-refractivity contribution in [1.29, 1.82) is 0 Å². The highest BCUT2D eigenvalue weighted by Gasteiger charge is 2.20. The van der Waals surface area contributed by atoms with Gasteiger partial charge in [0, 0.05) is 17.1 Å². The molecule has 246 valence electrons. The number of anilines is 3. The Morgan fingerprint density at radius 2 is 1.08 bits per heavy atom. The Morgan fingerprint density at radius 3 is 1.64 bits per heavy atom. The Hall–Kier alpha value is -5.66. The average Bonchev–Trinajstić information content (AvgIpc) is 3.42. The first-order valence-electron chi connectivity index (χ1n) is 17.9. The molecule has 1 heteroatoms. The van der Waals surface area contributed by atoms with E-state index in [2.05, 4.69) is 208 Å². The van der Waals surface area contributed by atoms with Crippen molar-refractivity contribution in [3.05, 3.63) is 215 Å². The monoisotopic (exact) mass is 647 g/mol. The molecule has 0 spiro atoms. The smallest absolute Gasteiger partial charge is 0.0462 e. The maximum absolute atomic E-state index is 2.43. The molecule has 0 saturated carbocycles. The van der Waals surface area contributed by atoms with E-state index in [-0.39, 0.29) is 0 Å². The van der Waals surface area contributed by atoms with Crippen LogP contribution in [0, 0.1) is 5.92 Å². The molecule has 0 bridgehead atoms. The summed E-state index contributed by atoms with van der Waals surface area (Å²) in [6, 6.07) is 50.3. The van der Waals surface area contributed by atoms with Crippen LogP contribution in [0.3, 0.4) is 0 Å². The Balaban J connectivity index is 1.27. The van der Waals surface area contributed by atoms with E-state index in [1.807, 2.05) is 0 Å². The number of hydrogen-bond acceptors (Lipinski definition) is 1. The van der Waals surface area contributed by atoms with Crippen LogP contribution in [0.15, 0.2) is 193 Å². The second-order valence-electron chi connectivity index (χ2n) is 13.6. The second kappa shape index (κ2) is 15.3. The van der Waals surface area contributed by atoms with Gasteiger partial charge in [0.15, 0.2) is 0 Å². The summed E-state index contributed by atoms with van der Waals surface area (Å²) < 4.78 is 0. The minimum Gasteiger partial charge on any atom is -0.311 e. The lowest BCUT2D eigenvalue weighted by Crippen LogP contribution is -2.09. The fourth-order valence-electron chi connectivity index (χ4n) is 6.90. The summed E-state index contributed by atoms with van der Waals surface area (Å²) in [6.07, 6.45) is 18.4. The van der Waals surface area contributed by atoms with Gasteiger partial charge in [-0.15, -0.1) is 0 Å². The van der Waals surface area contributed by atoms with E-state index in [9.17, 15) is 0 Å². The first kappa shape index (κ1) is 32.9. The Kier molecular flexibility index (Phi) is 10.0. The molecule has 1 atom stereocenters. The van der Waals surface area contributed by atoms with Crippen molar-refractivity contribution in [2.24, 2.45) is 5.92 Å². The molecule has 0 N–H and O–H groups in total. The van der Waals surface area contributed by atoms with Crippen molar-refractivity contribution in [1.82, 2.24) is 0 Å². The minimum atomic E-state index is 0.484. The number of nitrogens with zero attached hydrogens (tertiary/aromatic N) is 1. The molecule has 2 aliphatic rings. The maximum atomic E-state index is 2.43. The summed E-state index contributed by atoms with van der Waals surface area (Å²) in [7, 11) is 0. The molecule has 1 nitrogen and oxygen atoms in total. The Bertz CT molecular complexity index is 2050. The van der Waals surface area contributed by atoms with E-state index in [4.69, 9.17) is 0 Å². The van der Waals surface area contributed by atoms with Crippen molar-refractivity contribution in [2.45, 2.75) is 39.5 Å². The summed E-state index contributed by atoms with van der Waals surface area (Å²) >= 11 is 0. The lowest BCUT2D eigenvalue weighted by molar-refractivity contribution is 0.734. The Morgan fingerprint density at radius 1 is 0.540 bits per heavy atom. The van der Waals surface area contributed by atoms with Gasteiger partial charge in [-0.2, -0.15) is 0 Å². The van der Waals surface area contributed by atoms with Gasteiger partial charge in [-0.25, -0.2) is 0 Å². The lowest BCUT2D eigenvalue weighted by Gasteiger charge is -2.25. The van der Waals surface area contributed by atoms with Crippen molar-refractivity contribution < 1.29 is 0 Å². The quantitative estimate of drug-likeness (QED) is 0.144. The maximum Gasteiger partial charge on any atom is 0.0462 e. The van der Waals surface area contributed by atoms with Gasteiger partial charge in [0.05, 0.1) is 0 Å². The zero-order valence-corrected chi connectivity index (χ0v) is 29.3. The summed E-state index contributed by atoms with van der Waals surface area (Å²) in [6.45, 7) is 6.81. The normalized spacial score (nSPS) is 16.2. The van der Waals surface area contributed by atoms with Gasteiger partial charge < -0.3 is 4.90 Å². The van der Waals surface area contributed by atoms with Gasteiger partial charge in [-0.1, -0.05) is 166 Å². The molecular formula is C49H45N. The van der Waals surface area contributed by atoms with Gasteiger partial charge in [-0.3, -0.25) is 0 Å². The van der Waals surface area contributed by atoms with Crippen molar-refractivity contribution in [3.63, 3.8) is 0 Å². The van der Waals surface area contributed by atoms with Crippen LogP contribution in [0.4, 0.5) is 17.1 Å². The molecule has 2 aliphatic carbocycles. The molecule has 1 unspecified atom stereocenters. The zero-order valence-electron chi connectivity index (χ0n) is 29.3. The van der Waals surface area contributed by atoms with Gasteiger partial charge in [0.1, 0.15) is 0 Å². The van der Waals surface area contributed by atoms with E-state index in [1.165, 1.54) is 50.1 Å². The van der Waals surface area contributed by atoms with Crippen LogP contribution in [0.1, 0.15) is 61.8 Å². The fraction of sp³-hybridized carbons (Fsp3) is 0.143. The molecule has 5 aromatic rings. The molecule has 0 saturated heterocycles. The molecule has 5 aromatic carbocycles. The topological polar surface area (TPSA) is 3.24 Å². The van der Waals surface area contributed by atoms with E-state index < -0.39 is 0 Å². The van der Waals surface area contributed by atoms with Crippen LogP contribution < -0.4 is 4.90 Å². The van der Waals surface area contributed by atoms with Crippen LogP contribution >= 0.6 is 0 Å². The van der Waals surface area contributed by atoms with E-state index in [1.54, 1.807) is 0 Å². The summed E-state index contributed by atoms with van der Waals surface area (Å²) in [5, 5.41) is 0. The molecule has 0 aromatic heterocycles. The molecule has 0 aliphatic heterocycles. The third-order valence-electron chi connectivity index (χ3n) is 9.68. The van der Waals surface area contributed by atoms with E-state index in [0.717, 1.165) is 29.9 Å². The standard InChI is InChI=1S/C49H45N/c1-36(2)38-26-29-44(30-27-38)49(48(41-14-7-4-8-15-41)43-24-22-37(3)23-25-43)42-17-13-16-39(28-31-42)40-32-34-47(35-33-40)50(45-18-9-5-10-19-45)46-20-11-6-12-21-46/h4-12,14-22,24-37H,13,23H2,1-3H3/b49-48+. The number of benzene rings is 5. The first-order chi connectivity index (χ1) is 24.5. The zero-order chi connectivity index (χ0) is 34.3. The number of allylic oxidation sites excluding steroid dienone is 12. The molecule has 50 heavy (non-hydrogen) atoms. The highest BCUT2D eigenvalue weighted by Crippen LogP contribution is 2.41. The molecule has 0 radical (unpaired) electrons. The third-order valence-corrected chi connectivity index (χ3v) is 9.68. The number of para-hydroxylation sites is 2. The summed E-state index contributed by atoms with van der Waals surface area (Å²) in [4.78, 5) is 2.31. The molecule has 0 fully saturated rings. The summed E-state index contributed by atoms with van der Waals surface area (Å²) in [5.41, 5.74) is 14.8. The van der Waals surface area contributed by atoms with E-state index >= 15 is 0 Å². The van der Waals surface area contributed by atoms with Crippen LogP contribution in [-0.4, -0.2) is 0 Å². The highest BCUT2D eigenvalue weighted by molar-refractivity contribution is 6.06. The minimum absolute atomic E-state index is 0.484. The van der Waals surface area contributed by atoms with Gasteiger partial charge in [0.2, 0.25) is 0 Å². The van der Waals surface area contributed by atoms with E-state index in [0.29, 0.717) is 11.8 Å². The SMILES string of the molecule is CC1C=CC(/C(=C(\C2=CCC=C(c3ccc(N(c4ccccc4)c4ccccc4)cc3)C=C2)c2ccc(C(C)C)cc2)c2ccccc2)=CC1. The van der Waals surface area contributed by atoms with Gasteiger partial charge >= 0.3 is 0 Å². The van der Waals surface area contributed by atoms with Crippen LogP contribution in [0.25, 0.3) is 16.7 Å². The fourth-order valence-corrected chi connectivity index (χ4v) is 6.90. The number of rotatable bonds is 9. The second-order valence-corrected chi connectivity index (χ2v) is 13.6. The molecule has 0 amide bonds. The Labute approximate surface area is 298 Å². The third kappa shape index (κ3) is 7.33. The predicted octanol–water partition coefficient (Wildman–Crippen LogP) is 13.7. The van der Waals surface area contributed by atoms with Crippen molar-refractivity contribution in [2.75, 3.05) is 4.90 Å². The van der Waals surface area contributed by atoms with Crippen LogP contribution in [-0.2, 0) is 0 Å². The van der Waals surface area contributed by atoms with Gasteiger partial charge in [0.25, 0.3) is 0 Å². The lowest BCUT2D eigenvalue weighted by atomic mass is 9.82. The molecular weight excluding hydrogens is 603 g/mol. The average molecular weight is 648 g/mol. The predicted molar refractivity (Wildman–Crippen MR) is 216 cm³/mol. The first-order valence-corrected chi connectivity index (χ1v) is 17.9. The van der Waals surface area contributed by atoms with Crippen LogP contribution in [0.2, 0.25) is 0 Å². The molecule has 7 rings (SSSR count). The summed E-state index contributed by atoms with van der Waals surface area (Å²) in [5.74, 6) is 1.03. The molecule has 0 heterocycles. The van der Waals surface area contributed by atoms with Crippen LogP contribution in [0.5, 0.6) is 0 Å². The van der Waals surface area contributed by atoms with Gasteiger partial charge in [-0.05, 0) is 111 Å². The highest BCUT2D eigenvalue weighted by atomic mass is 15.1. The van der Waals surface area contributed by atoms with Crippen molar-refractivity contribution in [3.8, 4) is 0 Å². The number of hydrogen-bond donors (Lipinski definition) is 0. The largest absolute Gasteiger partial charge is 0.311 e. The van der Waals surface area contributed by atoms with Crippen molar-refractivity contribution >= 4 is 33.8 Å².